The molecule has 0 saturated carbocycles. The standard InChI is InChI=1S/C20H31N3O2.ClH/c1-3-15(2)23-20(25)18-6-4-5-17(13-18)14-22-19(24)8-7-16-9-11-21-12-10-16;/h4-6,13,15-16,21H,3,7-12,14H2,1-2H3,(H,22,24)(H,23,25);1H. The van der Waals surface area contributed by atoms with Crippen molar-refractivity contribution in [2.24, 2.45) is 5.92 Å². The second-order valence-electron chi connectivity index (χ2n) is 6.99. The van der Waals surface area contributed by atoms with Gasteiger partial charge < -0.3 is 16.0 Å². The van der Waals surface area contributed by atoms with Crippen LogP contribution in [0.15, 0.2) is 24.3 Å². The molecule has 1 aliphatic heterocycles. The molecule has 26 heavy (non-hydrogen) atoms. The van der Waals surface area contributed by atoms with Crippen molar-refractivity contribution in [3.8, 4) is 0 Å². The second-order valence-corrected chi connectivity index (χ2v) is 6.99. The van der Waals surface area contributed by atoms with E-state index < -0.39 is 0 Å². The predicted octanol–water partition coefficient (Wildman–Crippen LogP) is 3.03. The topological polar surface area (TPSA) is 70.2 Å². The van der Waals surface area contributed by atoms with Crippen molar-refractivity contribution in [2.45, 2.75) is 58.5 Å². The van der Waals surface area contributed by atoms with E-state index >= 15 is 0 Å². The predicted molar refractivity (Wildman–Crippen MR) is 108 cm³/mol. The molecule has 6 heteroatoms. The SMILES string of the molecule is CCC(C)NC(=O)c1cccc(CNC(=O)CCC2CCNCC2)c1.Cl. The lowest BCUT2D eigenvalue weighted by Gasteiger charge is -2.22. The van der Waals surface area contributed by atoms with Gasteiger partial charge in [0.15, 0.2) is 0 Å². The van der Waals surface area contributed by atoms with Crippen molar-refractivity contribution in [1.82, 2.24) is 16.0 Å². The zero-order chi connectivity index (χ0) is 18.1. The number of halogens is 1. The summed E-state index contributed by atoms with van der Waals surface area (Å²) in [6, 6.07) is 7.62. The van der Waals surface area contributed by atoms with Crippen LogP contribution in [0.4, 0.5) is 0 Å². The molecule has 1 aromatic rings. The Hall–Kier alpha value is -1.59. The van der Waals surface area contributed by atoms with Crippen LogP contribution in [0.25, 0.3) is 0 Å². The summed E-state index contributed by atoms with van der Waals surface area (Å²) >= 11 is 0. The van der Waals surface area contributed by atoms with E-state index in [9.17, 15) is 9.59 Å². The lowest BCUT2D eigenvalue weighted by atomic mass is 9.93. The normalized spacial score (nSPS) is 15.6. The molecule has 146 valence electrons. The molecule has 2 amide bonds. The molecule has 1 aromatic carbocycles. The van der Waals surface area contributed by atoms with Crippen LogP contribution in [0.2, 0.25) is 0 Å². The van der Waals surface area contributed by atoms with Crippen molar-refractivity contribution >= 4 is 24.2 Å². The highest BCUT2D eigenvalue weighted by atomic mass is 35.5. The van der Waals surface area contributed by atoms with Crippen molar-refractivity contribution < 1.29 is 9.59 Å². The summed E-state index contributed by atoms with van der Waals surface area (Å²) in [6.45, 7) is 6.64. The van der Waals surface area contributed by atoms with Crippen molar-refractivity contribution in [3.05, 3.63) is 35.4 Å². The van der Waals surface area contributed by atoms with Gasteiger partial charge in [-0.2, -0.15) is 0 Å². The third-order valence-electron chi connectivity index (χ3n) is 4.91. The van der Waals surface area contributed by atoms with Gasteiger partial charge in [-0.1, -0.05) is 19.1 Å². The van der Waals surface area contributed by atoms with Crippen LogP contribution < -0.4 is 16.0 Å². The molecule has 0 aromatic heterocycles. The molecule has 0 aliphatic carbocycles. The summed E-state index contributed by atoms with van der Waals surface area (Å²) in [7, 11) is 0. The van der Waals surface area contributed by atoms with Gasteiger partial charge in [-0.3, -0.25) is 9.59 Å². The second kappa shape index (κ2) is 11.9. The number of piperidine rings is 1. The molecule has 5 nitrogen and oxygen atoms in total. The monoisotopic (exact) mass is 381 g/mol. The van der Waals surface area contributed by atoms with Gasteiger partial charge in [0.05, 0.1) is 0 Å². The van der Waals surface area contributed by atoms with E-state index in [-0.39, 0.29) is 30.3 Å². The molecule has 3 N–H and O–H groups in total. The van der Waals surface area contributed by atoms with Crippen molar-refractivity contribution in [2.75, 3.05) is 13.1 Å². The molecule has 0 radical (unpaired) electrons. The number of rotatable bonds is 8. The van der Waals surface area contributed by atoms with Gasteiger partial charge in [-0.15, -0.1) is 12.4 Å². The van der Waals surface area contributed by atoms with E-state index in [1.807, 2.05) is 32.0 Å². The number of carbonyl (C=O) groups is 2. The number of nitrogens with one attached hydrogen (secondary N) is 3. The van der Waals surface area contributed by atoms with Gasteiger partial charge in [0.1, 0.15) is 0 Å². The molecule has 1 saturated heterocycles. The number of hydrogen-bond donors (Lipinski definition) is 3. The molecule has 1 aliphatic rings. The number of carbonyl (C=O) groups excluding carboxylic acids is 2. The highest BCUT2D eigenvalue weighted by Crippen LogP contribution is 2.17. The fourth-order valence-corrected chi connectivity index (χ4v) is 3.03. The minimum absolute atomic E-state index is 0. The van der Waals surface area contributed by atoms with Crippen LogP contribution in [0.1, 0.15) is 61.9 Å². The highest BCUT2D eigenvalue weighted by molar-refractivity contribution is 5.94. The Balaban J connectivity index is 0.00000338. The van der Waals surface area contributed by atoms with Gasteiger partial charge >= 0.3 is 0 Å². The molecular weight excluding hydrogens is 350 g/mol. The van der Waals surface area contributed by atoms with Crippen LogP contribution in [-0.2, 0) is 11.3 Å². The first kappa shape index (κ1) is 22.5. The Bertz CT molecular complexity index is 574. The Kier molecular flexibility index (Phi) is 10.3. The quantitative estimate of drug-likeness (QED) is 0.648. The molecule has 0 bridgehead atoms. The lowest BCUT2D eigenvalue weighted by molar-refractivity contribution is -0.121. The fraction of sp³-hybridized carbons (Fsp3) is 0.600. The molecule has 0 spiro atoms. The van der Waals surface area contributed by atoms with Crippen LogP contribution >= 0.6 is 12.4 Å². The maximum atomic E-state index is 12.2. The van der Waals surface area contributed by atoms with E-state index in [0.29, 0.717) is 24.4 Å². The summed E-state index contributed by atoms with van der Waals surface area (Å²) in [4.78, 5) is 24.2. The smallest absolute Gasteiger partial charge is 0.251 e. The molecular formula is C20H32ClN3O2. The molecule has 1 heterocycles. The van der Waals surface area contributed by atoms with Crippen LogP contribution in [0.5, 0.6) is 0 Å². The molecule has 1 unspecified atom stereocenters. The lowest BCUT2D eigenvalue weighted by Crippen LogP contribution is -2.32. The molecule has 1 atom stereocenters. The number of benzene rings is 1. The largest absolute Gasteiger partial charge is 0.352 e. The van der Waals surface area contributed by atoms with E-state index in [1.165, 1.54) is 12.8 Å². The van der Waals surface area contributed by atoms with E-state index in [1.54, 1.807) is 6.07 Å². The highest BCUT2D eigenvalue weighted by Gasteiger charge is 2.14. The summed E-state index contributed by atoms with van der Waals surface area (Å²) in [5.41, 5.74) is 1.59. The molecule has 2 rings (SSSR count). The fourth-order valence-electron chi connectivity index (χ4n) is 3.03. The maximum Gasteiger partial charge on any atom is 0.251 e. The van der Waals surface area contributed by atoms with Crippen molar-refractivity contribution in [3.63, 3.8) is 0 Å². The zero-order valence-electron chi connectivity index (χ0n) is 15.8. The van der Waals surface area contributed by atoms with Gasteiger partial charge in [0.25, 0.3) is 5.91 Å². The minimum atomic E-state index is -0.0616. The van der Waals surface area contributed by atoms with Gasteiger partial charge in [0.2, 0.25) is 5.91 Å². The maximum absolute atomic E-state index is 12.2. The number of amides is 2. The Morgan fingerprint density at radius 3 is 2.69 bits per heavy atom. The third kappa shape index (κ3) is 7.75. The van der Waals surface area contributed by atoms with Gasteiger partial charge in [-0.05, 0) is 69.3 Å². The Morgan fingerprint density at radius 2 is 2.00 bits per heavy atom. The first-order valence-corrected chi connectivity index (χ1v) is 9.45. The Labute approximate surface area is 163 Å². The van der Waals surface area contributed by atoms with E-state index in [2.05, 4.69) is 16.0 Å². The van der Waals surface area contributed by atoms with E-state index in [4.69, 9.17) is 0 Å². The third-order valence-corrected chi connectivity index (χ3v) is 4.91. The zero-order valence-corrected chi connectivity index (χ0v) is 16.7. The first-order valence-electron chi connectivity index (χ1n) is 9.45. The average Bonchev–Trinajstić information content (AvgIpc) is 2.65. The van der Waals surface area contributed by atoms with Gasteiger partial charge in [0, 0.05) is 24.6 Å². The van der Waals surface area contributed by atoms with Crippen molar-refractivity contribution in [1.29, 1.82) is 0 Å². The van der Waals surface area contributed by atoms with Crippen LogP contribution in [0.3, 0.4) is 0 Å². The summed E-state index contributed by atoms with van der Waals surface area (Å²) in [5, 5.41) is 9.28. The Morgan fingerprint density at radius 1 is 1.27 bits per heavy atom. The summed E-state index contributed by atoms with van der Waals surface area (Å²) in [5.74, 6) is 0.695. The average molecular weight is 382 g/mol. The minimum Gasteiger partial charge on any atom is -0.352 e. The van der Waals surface area contributed by atoms with Gasteiger partial charge in [-0.25, -0.2) is 0 Å². The number of hydrogen-bond acceptors (Lipinski definition) is 3. The summed E-state index contributed by atoms with van der Waals surface area (Å²) < 4.78 is 0. The van der Waals surface area contributed by atoms with E-state index in [0.717, 1.165) is 31.5 Å². The molecule has 1 fully saturated rings. The van der Waals surface area contributed by atoms with Crippen LogP contribution in [-0.4, -0.2) is 30.9 Å². The van der Waals surface area contributed by atoms with Crippen LogP contribution in [0, 0.1) is 5.92 Å². The first-order chi connectivity index (χ1) is 12.1. The summed E-state index contributed by atoms with van der Waals surface area (Å²) in [6.07, 6.45) is 4.78.